The van der Waals surface area contributed by atoms with Crippen LogP contribution in [0.4, 0.5) is 0 Å². The summed E-state index contributed by atoms with van der Waals surface area (Å²) in [5.41, 5.74) is 1.41. The van der Waals surface area contributed by atoms with Gasteiger partial charge in [0.1, 0.15) is 0 Å². The first-order valence-corrected chi connectivity index (χ1v) is 6.77. The molecule has 0 bridgehead atoms. The summed E-state index contributed by atoms with van der Waals surface area (Å²) in [5.74, 6) is 0.851. The molecule has 0 radical (unpaired) electrons. The highest BCUT2D eigenvalue weighted by Crippen LogP contribution is 2.11. The summed E-state index contributed by atoms with van der Waals surface area (Å²) in [6.07, 6.45) is 4.81. The van der Waals surface area contributed by atoms with Crippen LogP contribution < -0.4 is 5.32 Å². The van der Waals surface area contributed by atoms with E-state index in [1.807, 2.05) is 0 Å². The van der Waals surface area contributed by atoms with E-state index in [1.54, 1.807) is 0 Å². The van der Waals surface area contributed by atoms with Gasteiger partial charge in [-0.05, 0) is 50.3 Å². The average molecular weight is 233 g/mol. The fourth-order valence-corrected chi connectivity index (χ4v) is 2.34. The summed E-state index contributed by atoms with van der Waals surface area (Å²) in [6, 6.07) is 10.6. The van der Waals surface area contributed by atoms with E-state index in [-0.39, 0.29) is 0 Å². The Morgan fingerprint density at radius 2 is 2.06 bits per heavy atom. The molecule has 0 amide bonds. The van der Waals surface area contributed by atoms with Gasteiger partial charge in [-0.1, -0.05) is 30.3 Å². The van der Waals surface area contributed by atoms with E-state index in [4.69, 9.17) is 4.74 Å². The second-order valence-corrected chi connectivity index (χ2v) is 4.85. The molecule has 1 aliphatic heterocycles. The molecular formula is C15H23NO. The van der Waals surface area contributed by atoms with Gasteiger partial charge in [0.2, 0.25) is 0 Å². The van der Waals surface area contributed by atoms with Crippen LogP contribution in [0.1, 0.15) is 24.8 Å². The third-order valence-corrected chi connectivity index (χ3v) is 3.43. The second-order valence-electron chi connectivity index (χ2n) is 4.85. The van der Waals surface area contributed by atoms with Crippen LogP contribution in [0.25, 0.3) is 0 Å². The van der Waals surface area contributed by atoms with Crippen molar-refractivity contribution >= 4 is 0 Å². The molecular weight excluding hydrogens is 210 g/mol. The summed E-state index contributed by atoms with van der Waals surface area (Å²) >= 11 is 0. The van der Waals surface area contributed by atoms with Gasteiger partial charge in [0.25, 0.3) is 0 Å². The monoisotopic (exact) mass is 233 g/mol. The fraction of sp³-hybridized carbons (Fsp3) is 0.600. The summed E-state index contributed by atoms with van der Waals surface area (Å²) in [6.45, 7) is 4.21. The Bertz CT molecular complexity index is 293. The van der Waals surface area contributed by atoms with Crippen molar-refractivity contribution in [3.05, 3.63) is 35.9 Å². The smallest absolute Gasteiger partial charge is 0.0469 e. The predicted octanol–water partition coefficient (Wildman–Crippen LogP) is 2.64. The lowest BCUT2D eigenvalue weighted by Gasteiger charge is -2.08. The molecule has 0 aromatic heterocycles. The van der Waals surface area contributed by atoms with Gasteiger partial charge in [-0.2, -0.15) is 0 Å². The highest BCUT2D eigenvalue weighted by Gasteiger charge is 2.13. The Morgan fingerprint density at radius 3 is 2.82 bits per heavy atom. The lowest BCUT2D eigenvalue weighted by molar-refractivity contribution is 0.120. The Balaban J connectivity index is 1.46. The van der Waals surface area contributed by atoms with Gasteiger partial charge in [0.05, 0.1) is 0 Å². The molecule has 1 aliphatic rings. The number of hydrogen-bond acceptors (Lipinski definition) is 2. The molecule has 2 heteroatoms. The topological polar surface area (TPSA) is 21.3 Å². The van der Waals surface area contributed by atoms with Gasteiger partial charge >= 0.3 is 0 Å². The maximum absolute atomic E-state index is 5.69. The van der Waals surface area contributed by atoms with Crippen LogP contribution in [0, 0.1) is 5.92 Å². The summed E-state index contributed by atoms with van der Waals surface area (Å²) in [4.78, 5) is 0. The van der Waals surface area contributed by atoms with Crippen LogP contribution in [0.15, 0.2) is 30.3 Å². The standard InChI is InChI=1S/C15H23NO/c1-2-5-14(6-3-1)7-4-11-17-12-9-15-8-10-16-13-15/h1-3,5-6,15-16H,4,7-13H2. The molecule has 0 spiro atoms. The Labute approximate surface area is 104 Å². The third kappa shape index (κ3) is 4.88. The van der Waals surface area contributed by atoms with Gasteiger partial charge in [-0.3, -0.25) is 0 Å². The minimum absolute atomic E-state index is 0.851. The van der Waals surface area contributed by atoms with Crippen LogP contribution in [0.5, 0.6) is 0 Å². The second kappa shape index (κ2) is 7.46. The van der Waals surface area contributed by atoms with Crippen LogP contribution >= 0.6 is 0 Å². The molecule has 2 nitrogen and oxygen atoms in total. The number of hydrogen-bond donors (Lipinski definition) is 1. The third-order valence-electron chi connectivity index (χ3n) is 3.43. The van der Waals surface area contributed by atoms with E-state index >= 15 is 0 Å². The zero-order valence-corrected chi connectivity index (χ0v) is 10.5. The first-order valence-electron chi connectivity index (χ1n) is 6.77. The Kier molecular flexibility index (Phi) is 5.53. The molecule has 1 aromatic rings. The van der Waals surface area contributed by atoms with Crippen molar-refractivity contribution in [2.24, 2.45) is 5.92 Å². The first-order chi connectivity index (χ1) is 8.45. The quantitative estimate of drug-likeness (QED) is 0.731. The lowest BCUT2D eigenvalue weighted by atomic mass is 10.1. The van der Waals surface area contributed by atoms with Crippen molar-refractivity contribution in [2.45, 2.75) is 25.7 Å². The number of aryl methyl sites for hydroxylation is 1. The number of nitrogens with one attached hydrogen (secondary N) is 1. The van der Waals surface area contributed by atoms with E-state index in [1.165, 1.54) is 31.5 Å². The maximum atomic E-state index is 5.69. The van der Waals surface area contributed by atoms with E-state index in [9.17, 15) is 0 Å². The van der Waals surface area contributed by atoms with Crippen LogP contribution in [-0.4, -0.2) is 26.3 Å². The van der Waals surface area contributed by atoms with E-state index < -0.39 is 0 Å². The van der Waals surface area contributed by atoms with Crippen molar-refractivity contribution in [3.8, 4) is 0 Å². The van der Waals surface area contributed by atoms with Gasteiger partial charge in [0.15, 0.2) is 0 Å². The van der Waals surface area contributed by atoms with Gasteiger partial charge in [-0.15, -0.1) is 0 Å². The van der Waals surface area contributed by atoms with Gasteiger partial charge < -0.3 is 10.1 Å². The minimum atomic E-state index is 0.851. The Morgan fingerprint density at radius 1 is 1.18 bits per heavy atom. The van der Waals surface area contributed by atoms with E-state index in [0.29, 0.717) is 0 Å². The van der Waals surface area contributed by atoms with Crippen molar-refractivity contribution in [2.75, 3.05) is 26.3 Å². The SMILES string of the molecule is c1ccc(CCCOCCC2CCNC2)cc1. The number of rotatable bonds is 7. The maximum Gasteiger partial charge on any atom is 0.0469 e. The fourth-order valence-electron chi connectivity index (χ4n) is 2.34. The highest BCUT2D eigenvalue weighted by atomic mass is 16.5. The van der Waals surface area contributed by atoms with Crippen molar-refractivity contribution in [3.63, 3.8) is 0 Å². The molecule has 1 aromatic carbocycles. The molecule has 1 saturated heterocycles. The molecule has 17 heavy (non-hydrogen) atoms. The van der Waals surface area contributed by atoms with Crippen LogP contribution in [-0.2, 0) is 11.2 Å². The minimum Gasteiger partial charge on any atom is -0.381 e. The van der Waals surface area contributed by atoms with E-state index in [2.05, 4.69) is 35.6 Å². The van der Waals surface area contributed by atoms with Gasteiger partial charge in [-0.25, -0.2) is 0 Å². The number of ether oxygens (including phenoxy) is 1. The molecule has 1 N–H and O–H groups in total. The Hall–Kier alpha value is -0.860. The molecule has 1 fully saturated rings. The summed E-state index contributed by atoms with van der Waals surface area (Å²) < 4.78 is 5.69. The van der Waals surface area contributed by atoms with Crippen molar-refractivity contribution < 1.29 is 4.74 Å². The van der Waals surface area contributed by atoms with E-state index in [0.717, 1.165) is 32.0 Å². The van der Waals surface area contributed by atoms with Crippen molar-refractivity contribution in [1.82, 2.24) is 5.32 Å². The molecule has 0 saturated carbocycles. The zero-order valence-electron chi connectivity index (χ0n) is 10.5. The summed E-state index contributed by atoms with van der Waals surface area (Å²) in [7, 11) is 0. The average Bonchev–Trinajstić information content (AvgIpc) is 2.88. The van der Waals surface area contributed by atoms with Crippen molar-refractivity contribution in [1.29, 1.82) is 0 Å². The first kappa shape index (κ1) is 12.6. The summed E-state index contributed by atoms with van der Waals surface area (Å²) in [5, 5.41) is 3.39. The molecule has 2 rings (SSSR count). The molecule has 1 unspecified atom stereocenters. The predicted molar refractivity (Wildman–Crippen MR) is 71.2 cm³/mol. The lowest BCUT2D eigenvalue weighted by Crippen LogP contribution is -2.11. The zero-order chi connectivity index (χ0) is 11.8. The van der Waals surface area contributed by atoms with Crippen LogP contribution in [0.2, 0.25) is 0 Å². The largest absolute Gasteiger partial charge is 0.381 e. The molecule has 1 heterocycles. The highest BCUT2D eigenvalue weighted by molar-refractivity contribution is 5.14. The molecule has 1 atom stereocenters. The van der Waals surface area contributed by atoms with Gasteiger partial charge in [0, 0.05) is 13.2 Å². The number of benzene rings is 1. The van der Waals surface area contributed by atoms with Crippen LogP contribution in [0.3, 0.4) is 0 Å². The molecule has 94 valence electrons. The normalized spacial score (nSPS) is 19.6. The molecule has 0 aliphatic carbocycles.